The SMILES string of the molecule is CCC\C=C/C=C\C=C/C=C\C=C/CCCCCCCC(=O)OCC(COC(=O)CCCCC/C=C\CCCCCCCC)OC(=O)CCC/C=C\C/C=C\C/C=C\C/C=C\CCCCC. The van der Waals surface area contributed by atoms with Gasteiger partial charge in [-0.25, -0.2) is 0 Å². The zero-order chi connectivity index (χ0) is 47.9. The lowest BCUT2D eigenvalue weighted by Crippen LogP contribution is -2.30. The highest BCUT2D eigenvalue weighted by atomic mass is 16.6. The molecule has 0 aliphatic carbocycles. The van der Waals surface area contributed by atoms with Crippen molar-refractivity contribution in [1.82, 2.24) is 0 Å². The second-order valence-corrected chi connectivity index (χ2v) is 17.2. The van der Waals surface area contributed by atoms with E-state index < -0.39 is 6.10 Å². The second-order valence-electron chi connectivity index (χ2n) is 17.2. The molecule has 0 aromatic rings. The molecule has 0 aromatic heterocycles. The van der Waals surface area contributed by atoms with Crippen LogP contribution < -0.4 is 0 Å². The van der Waals surface area contributed by atoms with Gasteiger partial charge in [0, 0.05) is 19.3 Å². The number of rotatable bonds is 46. The predicted molar refractivity (Wildman–Crippen MR) is 283 cm³/mol. The van der Waals surface area contributed by atoms with Crippen LogP contribution in [0.5, 0.6) is 0 Å². The highest BCUT2D eigenvalue weighted by molar-refractivity contribution is 5.71. The van der Waals surface area contributed by atoms with Crippen LogP contribution >= 0.6 is 0 Å². The van der Waals surface area contributed by atoms with Gasteiger partial charge >= 0.3 is 17.9 Å². The number of hydrogen-bond acceptors (Lipinski definition) is 6. The predicted octanol–water partition coefficient (Wildman–Crippen LogP) is 17.7. The van der Waals surface area contributed by atoms with Gasteiger partial charge in [-0.3, -0.25) is 14.4 Å². The summed E-state index contributed by atoms with van der Waals surface area (Å²) < 4.78 is 16.7. The third kappa shape index (κ3) is 50.8. The first kappa shape index (κ1) is 61.8. The number of unbranched alkanes of at least 4 members (excludes halogenated alkanes) is 19. The van der Waals surface area contributed by atoms with Gasteiger partial charge in [-0.1, -0.05) is 219 Å². The van der Waals surface area contributed by atoms with Crippen LogP contribution in [0.15, 0.2) is 122 Å². The van der Waals surface area contributed by atoms with Crippen molar-refractivity contribution < 1.29 is 28.6 Å². The van der Waals surface area contributed by atoms with Crippen LogP contribution in [0.25, 0.3) is 0 Å². The number of hydrogen-bond donors (Lipinski definition) is 0. The molecule has 6 nitrogen and oxygen atoms in total. The maximum Gasteiger partial charge on any atom is 0.306 e. The van der Waals surface area contributed by atoms with Crippen molar-refractivity contribution in [2.24, 2.45) is 0 Å². The lowest BCUT2D eigenvalue weighted by molar-refractivity contribution is -0.167. The van der Waals surface area contributed by atoms with Gasteiger partial charge in [-0.2, -0.15) is 0 Å². The minimum Gasteiger partial charge on any atom is -0.462 e. The van der Waals surface area contributed by atoms with Crippen molar-refractivity contribution >= 4 is 17.9 Å². The van der Waals surface area contributed by atoms with E-state index in [4.69, 9.17) is 14.2 Å². The lowest BCUT2D eigenvalue weighted by Gasteiger charge is -2.18. The Hall–Kier alpha value is -4.19. The number of esters is 3. The first-order chi connectivity index (χ1) is 32.5. The third-order valence-corrected chi connectivity index (χ3v) is 10.8. The van der Waals surface area contributed by atoms with Gasteiger partial charge in [0.15, 0.2) is 6.10 Å². The van der Waals surface area contributed by atoms with Gasteiger partial charge in [0.05, 0.1) is 0 Å². The maximum atomic E-state index is 12.8. The standard InChI is InChI=1S/C60H96O6/c1-4-7-10-13-16-19-22-25-27-29-31-32-35-38-41-44-47-50-53-59(62)65-56-57(55-64-58(61)52-49-46-43-40-37-34-24-21-18-15-12-9-6-3)66-60(63)54-51-48-45-42-39-36-33-30-28-26-23-20-17-14-11-8-5-2/h10,13,16-17,19-20,22,25-29,31-34,36-37,42,45,57H,4-9,11-12,14-15,18,21,23-24,30,35,38-41,43-44,46-56H2,1-3H3/b13-10-,19-16-,20-17-,25-22-,28-26-,29-27-,32-31-,36-33-,37-34-,45-42-. The quantitative estimate of drug-likeness (QED) is 0.0199. The van der Waals surface area contributed by atoms with E-state index in [0.717, 1.165) is 103 Å². The van der Waals surface area contributed by atoms with E-state index in [2.05, 4.69) is 106 Å². The molecule has 0 N–H and O–H groups in total. The van der Waals surface area contributed by atoms with Gasteiger partial charge in [0.1, 0.15) is 13.2 Å². The van der Waals surface area contributed by atoms with E-state index in [1.54, 1.807) is 0 Å². The average Bonchev–Trinajstić information content (AvgIpc) is 3.31. The first-order valence-corrected chi connectivity index (χ1v) is 26.6. The smallest absolute Gasteiger partial charge is 0.306 e. The fraction of sp³-hybridized carbons (Fsp3) is 0.617. The molecule has 0 aromatic carbocycles. The summed E-state index contributed by atoms with van der Waals surface area (Å²) in [7, 11) is 0. The Kier molecular flexibility index (Phi) is 50.0. The summed E-state index contributed by atoms with van der Waals surface area (Å²) in [4.78, 5) is 38.0. The Bertz CT molecular complexity index is 1420. The van der Waals surface area contributed by atoms with Gasteiger partial charge in [0.25, 0.3) is 0 Å². The molecule has 0 aliphatic rings. The van der Waals surface area contributed by atoms with E-state index in [1.807, 2.05) is 36.5 Å². The summed E-state index contributed by atoms with van der Waals surface area (Å²) in [5.74, 6) is -1.02. The minimum absolute atomic E-state index is 0.120. The first-order valence-electron chi connectivity index (χ1n) is 26.6. The Morgan fingerprint density at radius 3 is 1.15 bits per heavy atom. The van der Waals surface area contributed by atoms with E-state index in [9.17, 15) is 14.4 Å². The minimum atomic E-state index is -0.827. The summed E-state index contributed by atoms with van der Waals surface area (Å²) in [6.07, 6.45) is 73.2. The summed E-state index contributed by atoms with van der Waals surface area (Å²) in [6.45, 7) is 6.42. The zero-order valence-corrected chi connectivity index (χ0v) is 42.4. The van der Waals surface area contributed by atoms with Crippen LogP contribution in [0.3, 0.4) is 0 Å². The molecule has 6 heteroatoms. The molecule has 0 heterocycles. The zero-order valence-electron chi connectivity index (χ0n) is 42.4. The van der Waals surface area contributed by atoms with Crippen LogP contribution in [0.4, 0.5) is 0 Å². The van der Waals surface area contributed by atoms with Gasteiger partial charge in [-0.15, -0.1) is 0 Å². The molecule has 0 aliphatic heterocycles. The Labute approximate surface area is 405 Å². The Morgan fingerprint density at radius 2 is 0.652 bits per heavy atom. The van der Waals surface area contributed by atoms with Crippen LogP contribution in [0.1, 0.15) is 220 Å². The van der Waals surface area contributed by atoms with Gasteiger partial charge in [-0.05, 0) is 103 Å². The molecule has 1 unspecified atom stereocenters. The summed E-state index contributed by atoms with van der Waals surface area (Å²) in [5.41, 5.74) is 0. The Morgan fingerprint density at radius 1 is 0.318 bits per heavy atom. The molecule has 0 fully saturated rings. The topological polar surface area (TPSA) is 78.9 Å². The number of ether oxygens (including phenoxy) is 3. The van der Waals surface area contributed by atoms with Crippen LogP contribution in [-0.2, 0) is 28.6 Å². The number of carbonyl (C=O) groups is 3. The molecule has 372 valence electrons. The molecule has 0 bridgehead atoms. The molecule has 0 saturated carbocycles. The Balaban J connectivity index is 4.57. The van der Waals surface area contributed by atoms with Crippen LogP contribution in [0, 0.1) is 0 Å². The molecule has 0 spiro atoms. The maximum absolute atomic E-state index is 12.8. The van der Waals surface area contributed by atoms with E-state index in [0.29, 0.717) is 19.3 Å². The van der Waals surface area contributed by atoms with Crippen LogP contribution in [-0.4, -0.2) is 37.2 Å². The molecular weight excluding hydrogens is 817 g/mol. The number of carbonyl (C=O) groups excluding carboxylic acids is 3. The molecule has 0 radical (unpaired) electrons. The highest BCUT2D eigenvalue weighted by Crippen LogP contribution is 2.12. The average molecular weight is 913 g/mol. The summed E-state index contributed by atoms with van der Waals surface area (Å²) >= 11 is 0. The molecule has 0 rings (SSSR count). The molecule has 1 atom stereocenters. The molecule has 0 saturated heterocycles. The fourth-order valence-corrected chi connectivity index (χ4v) is 6.75. The van der Waals surface area contributed by atoms with E-state index in [-0.39, 0.29) is 37.5 Å². The summed E-state index contributed by atoms with van der Waals surface area (Å²) in [5, 5.41) is 0. The monoisotopic (exact) mass is 913 g/mol. The third-order valence-electron chi connectivity index (χ3n) is 10.8. The largest absolute Gasteiger partial charge is 0.462 e. The van der Waals surface area contributed by atoms with Crippen molar-refractivity contribution in [3.8, 4) is 0 Å². The second kappa shape index (κ2) is 53.4. The highest BCUT2D eigenvalue weighted by Gasteiger charge is 2.19. The molecular formula is C60H96O6. The molecule has 0 amide bonds. The van der Waals surface area contributed by atoms with Crippen molar-refractivity contribution in [2.45, 2.75) is 226 Å². The van der Waals surface area contributed by atoms with Crippen molar-refractivity contribution in [3.63, 3.8) is 0 Å². The van der Waals surface area contributed by atoms with Gasteiger partial charge < -0.3 is 14.2 Å². The van der Waals surface area contributed by atoms with Crippen molar-refractivity contribution in [1.29, 1.82) is 0 Å². The lowest BCUT2D eigenvalue weighted by atomic mass is 10.1. The molecule has 66 heavy (non-hydrogen) atoms. The van der Waals surface area contributed by atoms with Crippen molar-refractivity contribution in [2.75, 3.05) is 13.2 Å². The van der Waals surface area contributed by atoms with Crippen molar-refractivity contribution in [3.05, 3.63) is 122 Å². The normalized spacial score (nSPS) is 13.1. The number of allylic oxidation sites excluding steroid dienone is 20. The summed E-state index contributed by atoms with van der Waals surface area (Å²) in [6, 6.07) is 0. The fourth-order valence-electron chi connectivity index (χ4n) is 6.75. The van der Waals surface area contributed by atoms with Gasteiger partial charge in [0.2, 0.25) is 0 Å². The van der Waals surface area contributed by atoms with E-state index >= 15 is 0 Å². The van der Waals surface area contributed by atoms with Crippen LogP contribution in [0.2, 0.25) is 0 Å². The van der Waals surface area contributed by atoms with E-state index in [1.165, 1.54) is 70.6 Å².